The number of carbonyl (C=O) groups excluding carboxylic acids is 1. The fraction of sp³-hybridized carbons (Fsp3) is 0.588. The summed E-state index contributed by atoms with van der Waals surface area (Å²) in [6, 6.07) is 8.27. The van der Waals surface area contributed by atoms with E-state index in [4.69, 9.17) is 4.74 Å². The van der Waals surface area contributed by atoms with Crippen LogP contribution in [-0.4, -0.2) is 43.5 Å². The van der Waals surface area contributed by atoms with Gasteiger partial charge in [0.2, 0.25) is 0 Å². The Morgan fingerprint density at radius 3 is 2.40 bits per heavy atom. The largest absolute Gasteiger partial charge is 0.383 e. The molecule has 0 aliphatic heterocycles. The van der Waals surface area contributed by atoms with Crippen LogP contribution in [0.4, 0.5) is 0 Å². The van der Waals surface area contributed by atoms with Crippen molar-refractivity contribution < 1.29 is 9.53 Å². The Hall–Kier alpha value is -1.19. The molecule has 0 fully saturated rings. The second kappa shape index (κ2) is 8.88. The summed E-state index contributed by atoms with van der Waals surface area (Å²) in [4.78, 5) is 14.5. The van der Waals surface area contributed by atoms with Gasteiger partial charge in [0.25, 0.3) is 0 Å². The molecule has 0 spiro atoms. The number of benzene rings is 1. The van der Waals surface area contributed by atoms with E-state index in [0.717, 1.165) is 24.9 Å². The lowest BCUT2D eigenvalue weighted by Gasteiger charge is -2.26. The fourth-order valence-electron chi connectivity index (χ4n) is 2.35. The van der Waals surface area contributed by atoms with Crippen LogP contribution in [0.2, 0.25) is 0 Å². The molecule has 0 saturated heterocycles. The SMILES string of the molecule is CCCc1ccc(C(=O)CN(CC)C(C)COC)cc1. The summed E-state index contributed by atoms with van der Waals surface area (Å²) in [5, 5.41) is 0. The lowest BCUT2D eigenvalue weighted by atomic mass is 10.0. The zero-order valence-electron chi connectivity index (χ0n) is 13.2. The molecule has 0 heterocycles. The average Bonchev–Trinajstić information content (AvgIpc) is 2.45. The molecular formula is C17H27NO2. The van der Waals surface area contributed by atoms with E-state index >= 15 is 0 Å². The second-order valence-electron chi connectivity index (χ2n) is 5.24. The summed E-state index contributed by atoms with van der Waals surface area (Å²) < 4.78 is 5.16. The Kier molecular flexibility index (Phi) is 7.48. The van der Waals surface area contributed by atoms with E-state index in [0.29, 0.717) is 13.2 Å². The number of methoxy groups -OCH3 is 1. The Morgan fingerprint density at radius 1 is 1.25 bits per heavy atom. The molecule has 1 rings (SSSR count). The number of hydrogen-bond acceptors (Lipinski definition) is 3. The predicted octanol–water partition coefficient (Wildman–Crippen LogP) is 3.18. The van der Waals surface area contributed by atoms with Gasteiger partial charge in [-0.3, -0.25) is 9.69 Å². The minimum Gasteiger partial charge on any atom is -0.383 e. The topological polar surface area (TPSA) is 29.5 Å². The number of likely N-dealkylation sites (N-methyl/N-ethyl adjacent to an activating group) is 1. The van der Waals surface area contributed by atoms with E-state index < -0.39 is 0 Å². The molecule has 0 aliphatic rings. The van der Waals surface area contributed by atoms with E-state index in [9.17, 15) is 4.79 Å². The molecular weight excluding hydrogens is 250 g/mol. The van der Waals surface area contributed by atoms with Crippen LogP contribution in [0.25, 0.3) is 0 Å². The minimum absolute atomic E-state index is 0.179. The van der Waals surface area contributed by atoms with E-state index in [1.807, 2.05) is 12.1 Å². The zero-order valence-corrected chi connectivity index (χ0v) is 13.2. The Bertz CT molecular complexity index is 400. The highest BCUT2D eigenvalue weighted by atomic mass is 16.5. The van der Waals surface area contributed by atoms with Gasteiger partial charge in [-0.25, -0.2) is 0 Å². The van der Waals surface area contributed by atoms with Crippen molar-refractivity contribution in [1.82, 2.24) is 4.90 Å². The standard InChI is InChI=1S/C17H27NO2/c1-5-7-15-8-10-16(11-9-15)17(19)12-18(6-2)14(3)13-20-4/h8-11,14H,5-7,12-13H2,1-4H3. The Labute approximate surface area is 122 Å². The van der Waals surface area contributed by atoms with Gasteiger partial charge in [0.15, 0.2) is 5.78 Å². The normalized spacial score (nSPS) is 12.7. The molecule has 0 aromatic heterocycles. The highest BCUT2D eigenvalue weighted by Crippen LogP contribution is 2.09. The average molecular weight is 277 g/mol. The molecule has 20 heavy (non-hydrogen) atoms. The summed E-state index contributed by atoms with van der Waals surface area (Å²) in [6.07, 6.45) is 2.20. The maximum Gasteiger partial charge on any atom is 0.176 e. The van der Waals surface area contributed by atoms with Crippen molar-refractivity contribution in [2.75, 3.05) is 26.8 Å². The van der Waals surface area contributed by atoms with Crippen molar-refractivity contribution in [3.63, 3.8) is 0 Å². The summed E-state index contributed by atoms with van der Waals surface area (Å²) >= 11 is 0. The molecule has 0 N–H and O–H groups in total. The van der Waals surface area contributed by atoms with Crippen LogP contribution >= 0.6 is 0 Å². The summed E-state index contributed by atoms with van der Waals surface area (Å²) in [7, 11) is 1.69. The smallest absolute Gasteiger partial charge is 0.176 e. The molecule has 0 bridgehead atoms. The molecule has 3 nitrogen and oxygen atoms in total. The number of nitrogens with zero attached hydrogens (tertiary/aromatic N) is 1. The number of Topliss-reactive ketones (excluding diaryl/α,β-unsaturated/α-hetero) is 1. The number of ketones is 1. The zero-order chi connectivity index (χ0) is 15.0. The van der Waals surface area contributed by atoms with Gasteiger partial charge in [0.05, 0.1) is 13.2 Å². The number of ether oxygens (including phenoxy) is 1. The van der Waals surface area contributed by atoms with Gasteiger partial charge in [-0.15, -0.1) is 0 Å². The third-order valence-electron chi connectivity index (χ3n) is 3.60. The number of rotatable bonds is 9. The lowest BCUT2D eigenvalue weighted by Crippen LogP contribution is -2.39. The molecule has 0 saturated carbocycles. The number of aryl methyl sites for hydroxylation is 1. The van der Waals surface area contributed by atoms with Gasteiger partial charge in [-0.05, 0) is 25.5 Å². The quantitative estimate of drug-likeness (QED) is 0.649. The van der Waals surface area contributed by atoms with E-state index in [1.165, 1.54) is 5.56 Å². The molecule has 1 aromatic rings. The van der Waals surface area contributed by atoms with Crippen LogP contribution in [0.1, 0.15) is 43.1 Å². The second-order valence-corrected chi connectivity index (χ2v) is 5.24. The van der Waals surface area contributed by atoms with Gasteiger partial charge in [0, 0.05) is 18.7 Å². The van der Waals surface area contributed by atoms with Crippen molar-refractivity contribution in [2.24, 2.45) is 0 Å². The first-order valence-electron chi connectivity index (χ1n) is 7.47. The third-order valence-corrected chi connectivity index (χ3v) is 3.60. The summed E-state index contributed by atoms with van der Waals surface area (Å²) in [6.45, 7) is 8.28. The summed E-state index contributed by atoms with van der Waals surface area (Å²) in [5.41, 5.74) is 2.09. The lowest BCUT2D eigenvalue weighted by molar-refractivity contribution is 0.0788. The van der Waals surface area contributed by atoms with E-state index in [2.05, 4.69) is 37.8 Å². The minimum atomic E-state index is 0.179. The molecule has 0 aliphatic carbocycles. The number of hydrogen-bond donors (Lipinski definition) is 0. The maximum absolute atomic E-state index is 12.3. The van der Waals surface area contributed by atoms with Crippen LogP contribution in [0.5, 0.6) is 0 Å². The molecule has 1 aromatic carbocycles. The van der Waals surface area contributed by atoms with Gasteiger partial charge in [-0.2, -0.15) is 0 Å². The van der Waals surface area contributed by atoms with Crippen LogP contribution in [0, 0.1) is 0 Å². The van der Waals surface area contributed by atoms with Gasteiger partial charge in [0.1, 0.15) is 0 Å². The van der Waals surface area contributed by atoms with Crippen LogP contribution in [-0.2, 0) is 11.2 Å². The molecule has 0 amide bonds. The molecule has 1 unspecified atom stereocenters. The first kappa shape index (κ1) is 16.9. The van der Waals surface area contributed by atoms with Crippen molar-refractivity contribution in [2.45, 2.75) is 39.7 Å². The van der Waals surface area contributed by atoms with Crippen molar-refractivity contribution in [1.29, 1.82) is 0 Å². The first-order chi connectivity index (χ1) is 9.62. The molecule has 1 atom stereocenters. The third kappa shape index (κ3) is 5.06. The van der Waals surface area contributed by atoms with Crippen LogP contribution in [0.15, 0.2) is 24.3 Å². The highest BCUT2D eigenvalue weighted by Gasteiger charge is 2.16. The Balaban J connectivity index is 2.64. The van der Waals surface area contributed by atoms with Gasteiger partial charge in [-0.1, -0.05) is 44.5 Å². The van der Waals surface area contributed by atoms with E-state index in [1.54, 1.807) is 7.11 Å². The van der Waals surface area contributed by atoms with Crippen molar-refractivity contribution in [3.8, 4) is 0 Å². The van der Waals surface area contributed by atoms with Crippen LogP contribution < -0.4 is 0 Å². The maximum atomic E-state index is 12.3. The Morgan fingerprint density at radius 2 is 1.90 bits per heavy atom. The van der Waals surface area contributed by atoms with Crippen molar-refractivity contribution >= 4 is 5.78 Å². The van der Waals surface area contributed by atoms with Crippen LogP contribution in [0.3, 0.4) is 0 Å². The first-order valence-corrected chi connectivity index (χ1v) is 7.47. The van der Waals surface area contributed by atoms with Gasteiger partial charge >= 0.3 is 0 Å². The molecule has 3 heteroatoms. The molecule has 0 radical (unpaired) electrons. The highest BCUT2D eigenvalue weighted by molar-refractivity contribution is 5.97. The van der Waals surface area contributed by atoms with Gasteiger partial charge < -0.3 is 4.74 Å². The predicted molar refractivity (Wildman–Crippen MR) is 83.4 cm³/mol. The summed E-state index contributed by atoms with van der Waals surface area (Å²) in [5.74, 6) is 0.179. The monoisotopic (exact) mass is 277 g/mol. The fourth-order valence-corrected chi connectivity index (χ4v) is 2.35. The van der Waals surface area contributed by atoms with E-state index in [-0.39, 0.29) is 11.8 Å². The van der Waals surface area contributed by atoms with Crippen molar-refractivity contribution in [3.05, 3.63) is 35.4 Å². The molecule has 112 valence electrons. The number of carbonyl (C=O) groups is 1.